The van der Waals surface area contributed by atoms with Gasteiger partial charge in [0.25, 0.3) is 5.91 Å². The van der Waals surface area contributed by atoms with Gasteiger partial charge in [0, 0.05) is 13.1 Å². The van der Waals surface area contributed by atoms with E-state index in [0.29, 0.717) is 35.9 Å². The summed E-state index contributed by atoms with van der Waals surface area (Å²) in [6, 6.07) is 10.4. The lowest BCUT2D eigenvalue weighted by molar-refractivity contribution is 0.0729. The van der Waals surface area contributed by atoms with Crippen LogP contribution in [0.4, 0.5) is 0 Å². The number of aromatic hydroxyl groups is 1. The van der Waals surface area contributed by atoms with Crippen molar-refractivity contribution in [2.75, 3.05) is 6.54 Å². The van der Waals surface area contributed by atoms with E-state index < -0.39 is 0 Å². The molecule has 1 amide bonds. The van der Waals surface area contributed by atoms with Gasteiger partial charge < -0.3 is 10.0 Å². The summed E-state index contributed by atoms with van der Waals surface area (Å²) in [6.45, 7) is 1.15. The van der Waals surface area contributed by atoms with Crippen molar-refractivity contribution in [2.24, 2.45) is 5.92 Å². The third-order valence-electron chi connectivity index (χ3n) is 4.15. The Morgan fingerprint density at radius 3 is 2.92 bits per heavy atom. The molecule has 0 atom stereocenters. The van der Waals surface area contributed by atoms with Crippen LogP contribution < -0.4 is 0 Å². The third kappa shape index (κ3) is 3.05. The molecule has 2 aromatic heterocycles. The molecule has 3 aromatic rings. The number of carbonyl (C=O) groups is 1. The first-order valence-electron chi connectivity index (χ1n) is 7.94. The molecule has 0 bridgehead atoms. The van der Waals surface area contributed by atoms with E-state index in [-0.39, 0.29) is 11.7 Å². The van der Waals surface area contributed by atoms with Crippen LogP contribution in [0.1, 0.15) is 28.9 Å². The van der Waals surface area contributed by atoms with E-state index in [1.165, 1.54) is 0 Å². The first-order chi connectivity index (χ1) is 11.7. The highest BCUT2D eigenvalue weighted by Gasteiger charge is 2.28. The fraction of sp³-hybridized carbons (Fsp3) is 0.294. The van der Waals surface area contributed by atoms with E-state index >= 15 is 0 Å². The van der Waals surface area contributed by atoms with E-state index in [9.17, 15) is 9.90 Å². The molecule has 24 heavy (non-hydrogen) atoms. The van der Waals surface area contributed by atoms with Crippen LogP contribution in [0.2, 0.25) is 0 Å². The number of carbonyl (C=O) groups excluding carboxylic acids is 1. The molecule has 0 saturated heterocycles. The lowest BCUT2D eigenvalue weighted by Gasteiger charge is -2.22. The molecule has 1 saturated carbocycles. The molecule has 122 valence electrons. The summed E-state index contributed by atoms with van der Waals surface area (Å²) in [5.41, 5.74) is 2.32. The number of pyridine rings is 1. The van der Waals surface area contributed by atoms with Gasteiger partial charge in [-0.25, -0.2) is 4.98 Å². The highest BCUT2D eigenvalue weighted by Crippen LogP contribution is 2.31. The summed E-state index contributed by atoms with van der Waals surface area (Å²) in [4.78, 5) is 19.0. The zero-order valence-electron chi connectivity index (χ0n) is 13.0. The maximum Gasteiger partial charge on any atom is 0.272 e. The number of amides is 1. The van der Waals surface area contributed by atoms with E-state index in [0.717, 1.165) is 18.4 Å². The molecular weight excluding hydrogens is 306 g/mol. The number of rotatable bonds is 5. The second-order valence-corrected chi connectivity index (χ2v) is 6.16. The van der Waals surface area contributed by atoms with Crippen molar-refractivity contribution in [3.8, 4) is 5.75 Å². The summed E-state index contributed by atoms with van der Waals surface area (Å²) in [6.07, 6.45) is 2.30. The summed E-state index contributed by atoms with van der Waals surface area (Å²) >= 11 is 0. The fourth-order valence-electron chi connectivity index (χ4n) is 2.72. The van der Waals surface area contributed by atoms with Gasteiger partial charge in [0.2, 0.25) is 5.65 Å². The highest BCUT2D eigenvalue weighted by atomic mass is 16.3. The molecule has 0 unspecified atom stereocenters. The molecule has 0 spiro atoms. The second kappa shape index (κ2) is 5.92. The standard InChI is InChI=1S/C17H17N5O2/c23-13-3-1-2-12(8-13)10-22(9-11-4-5-11)17(24)15-7-6-14-16(18-15)20-21-19-14/h1-3,6-8,11,23H,4-5,9-10H2,(H,18,19,20,21). The van der Waals surface area contributed by atoms with Crippen LogP contribution in [0, 0.1) is 5.92 Å². The van der Waals surface area contributed by atoms with Crippen molar-refractivity contribution in [1.29, 1.82) is 0 Å². The number of hydrogen-bond donors (Lipinski definition) is 2. The van der Waals surface area contributed by atoms with Crippen LogP contribution in [0.25, 0.3) is 11.2 Å². The van der Waals surface area contributed by atoms with Crippen molar-refractivity contribution in [3.05, 3.63) is 47.7 Å². The van der Waals surface area contributed by atoms with Crippen molar-refractivity contribution < 1.29 is 9.90 Å². The maximum absolute atomic E-state index is 12.9. The van der Waals surface area contributed by atoms with Crippen LogP contribution >= 0.6 is 0 Å². The number of aromatic nitrogens is 4. The van der Waals surface area contributed by atoms with Crippen LogP contribution in [-0.4, -0.2) is 42.9 Å². The van der Waals surface area contributed by atoms with Crippen LogP contribution in [-0.2, 0) is 6.54 Å². The number of hydrogen-bond acceptors (Lipinski definition) is 5. The average Bonchev–Trinajstić information content (AvgIpc) is 3.27. The van der Waals surface area contributed by atoms with E-state index in [1.807, 2.05) is 6.07 Å². The van der Waals surface area contributed by atoms with Crippen molar-refractivity contribution in [1.82, 2.24) is 25.3 Å². The van der Waals surface area contributed by atoms with Gasteiger partial charge in [-0.3, -0.25) is 4.79 Å². The summed E-state index contributed by atoms with van der Waals surface area (Å²) in [5, 5.41) is 20.0. The number of H-pyrrole nitrogens is 1. The van der Waals surface area contributed by atoms with Gasteiger partial charge in [-0.15, -0.1) is 5.10 Å². The highest BCUT2D eigenvalue weighted by molar-refractivity contribution is 5.94. The Bertz CT molecular complexity index is 887. The number of nitrogens with zero attached hydrogens (tertiary/aromatic N) is 4. The zero-order chi connectivity index (χ0) is 16.5. The van der Waals surface area contributed by atoms with Gasteiger partial charge >= 0.3 is 0 Å². The SMILES string of the molecule is O=C(c1ccc2n[nH]nc2n1)N(Cc1cccc(O)c1)CC1CC1. The van der Waals surface area contributed by atoms with Crippen molar-refractivity contribution >= 4 is 17.1 Å². The number of phenolic OH excluding ortho intramolecular Hbond substituents is 1. The van der Waals surface area contributed by atoms with Gasteiger partial charge in [-0.05, 0) is 48.6 Å². The number of aromatic amines is 1. The van der Waals surface area contributed by atoms with Gasteiger partial charge in [0.1, 0.15) is 17.0 Å². The zero-order valence-corrected chi connectivity index (χ0v) is 13.0. The van der Waals surface area contributed by atoms with E-state index in [4.69, 9.17) is 0 Å². The molecule has 1 aliphatic carbocycles. The molecule has 1 aromatic carbocycles. The van der Waals surface area contributed by atoms with E-state index in [1.54, 1.807) is 35.2 Å². The number of phenols is 1. The molecule has 0 radical (unpaired) electrons. The summed E-state index contributed by atoms with van der Waals surface area (Å²) in [5.74, 6) is 0.630. The number of benzene rings is 1. The Hall–Kier alpha value is -2.96. The smallest absolute Gasteiger partial charge is 0.272 e. The van der Waals surface area contributed by atoms with Gasteiger partial charge in [-0.1, -0.05) is 12.1 Å². The molecule has 0 aliphatic heterocycles. The lowest BCUT2D eigenvalue weighted by Crippen LogP contribution is -2.33. The molecule has 4 rings (SSSR count). The first-order valence-corrected chi connectivity index (χ1v) is 7.94. The molecule has 7 heteroatoms. The largest absolute Gasteiger partial charge is 0.508 e. The first kappa shape index (κ1) is 14.6. The second-order valence-electron chi connectivity index (χ2n) is 6.16. The monoisotopic (exact) mass is 323 g/mol. The Balaban J connectivity index is 1.60. The molecule has 2 N–H and O–H groups in total. The van der Waals surface area contributed by atoms with Gasteiger partial charge in [-0.2, -0.15) is 10.3 Å². The fourth-order valence-corrected chi connectivity index (χ4v) is 2.72. The minimum absolute atomic E-state index is 0.129. The van der Waals surface area contributed by atoms with Crippen LogP contribution in [0.3, 0.4) is 0 Å². The Morgan fingerprint density at radius 2 is 2.12 bits per heavy atom. The minimum Gasteiger partial charge on any atom is -0.508 e. The van der Waals surface area contributed by atoms with Crippen LogP contribution in [0.5, 0.6) is 5.75 Å². The molecule has 1 aliphatic rings. The minimum atomic E-state index is -0.129. The number of nitrogens with one attached hydrogen (secondary N) is 1. The maximum atomic E-state index is 12.9. The Labute approximate surface area is 138 Å². The van der Waals surface area contributed by atoms with Crippen molar-refractivity contribution in [3.63, 3.8) is 0 Å². The molecule has 1 fully saturated rings. The van der Waals surface area contributed by atoms with E-state index in [2.05, 4.69) is 20.4 Å². The quantitative estimate of drug-likeness (QED) is 0.750. The molecule has 2 heterocycles. The predicted octanol–water partition coefficient (Wildman–Crippen LogP) is 2.11. The van der Waals surface area contributed by atoms with Gasteiger partial charge in [0.15, 0.2) is 0 Å². The predicted molar refractivity (Wildman–Crippen MR) is 87.3 cm³/mol. The Kier molecular flexibility index (Phi) is 3.60. The topological polar surface area (TPSA) is 95.0 Å². The molecular formula is C17H17N5O2. The lowest BCUT2D eigenvalue weighted by atomic mass is 10.2. The third-order valence-corrected chi connectivity index (χ3v) is 4.15. The Morgan fingerprint density at radius 1 is 1.25 bits per heavy atom. The normalized spacial score (nSPS) is 14.0. The molecule has 7 nitrogen and oxygen atoms in total. The van der Waals surface area contributed by atoms with Crippen LogP contribution in [0.15, 0.2) is 36.4 Å². The summed E-state index contributed by atoms with van der Waals surface area (Å²) < 4.78 is 0. The van der Waals surface area contributed by atoms with Crippen molar-refractivity contribution in [2.45, 2.75) is 19.4 Å². The summed E-state index contributed by atoms with van der Waals surface area (Å²) in [7, 11) is 0. The van der Waals surface area contributed by atoms with Gasteiger partial charge in [0.05, 0.1) is 0 Å². The number of fused-ring (bicyclic) bond motifs is 1. The average molecular weight is 323 g/mol.